The van der Waals surface area contributed by atoms with Crippen LogP contribution in [0.15, 0.2) is 217 Å². The summed E-state index contributed by atoms with van der Waals surface area (Å²) in [5.41, 5.74) is 14.2. The van der Waals surface area contributed by atoms with Crippen LogP contribution < -0.4 is 4.90 Å². The second-order valence-electron chi connectivity index (χ2n) is 14.4. The molecular weight excluding hydrogens is 711 g/mol. The predicted octanol–water partition coefficient (Wildman–Crippen LogP) is 16.1. The van der Waals surface area contributed by atoms with E-state index in [0.29, 0.717) is 0 Å². The van der Waals surface area contributed by atoms with Gasteiger partial charge in [0, 0.05) is 42.9 Å². The Morgan fingerprint density at radius 1 is 0.333 bits per heavy atom. The molecule has 0 bridgehead atoms. The van der Waals surface area contributed by atoms with Gasteiger partial charge >= 0.3 is 0 Å². The van der Waals surface area contributed by atoms with Gasteiger partial charge in [-0.1, -0.05) is 182 Å². The normalized spacial score (nSPS) is 11.5. The van der Waals surface area contributed by atoms with E-state index >= 15 is 0 Å². The number of hydrogen-bond donors (Lipinski definition) is 0. The fourth-order valence-electron chi connectivity index (χ4n) is 8.59. The average molecular weight is 746 g/mol. The molecule has 0 spiro atoms. The molecule has 11 aromatic rings. The molecule has 0 saturated heterocycles. The summed E-state index contributed by atoms with van der Waals surface area (Å²) in [6.45, 7) is 0. The molecule has 0 N–H and O–H groups in total. The molecule has 2 aromatic heterocycles. The van der Waals surface area contributed by atoms with E-state index in [9.17, 15) is 0 Å². The Morgan fingerprint density at radius 3 is 1.68 bits per heavy atom. The molecule has 57 heavy (non-hydrogen) atoms. The Morgan fingerprint density at radius 2 is 0.860 bits per heavy atom. The van der Waals surface area contributed by atoms with Gasteiger partial charge in [0.05, 0.1) is 21.8 Å². The van der Waals surface area contributed by atoms with Crippen LogP contribution in [0.25, 0.3) is 86.6 Å². The van der Waals surface area contributed by atoms with Crippen molar-refractivity contribution in [1.29, 1.82) is 0 Å². The van der Waals surface area contributed by atoms with E-state index in [0.717, 1.165) is 61.3 Å². The Labute approximate surface area is 335 Å². The number of fused-ring (bicyclic) bond motifs is 6. The van der Waals surface area contributed by atoms with Gasteiger partial charge in [0.1, 0.15) is 11.2 Å². The van der Waals surface area contributed by atoms with Gasteiger partial charge < -0.3 is 9.32 Å². The lowest BCUT2D eigenvalue weighted by molar-refractivity contribution is 0.670. The minimum absolute atomic E-state index is 0.888. The van der Waals surface area contributed by atoms with Gasteiger partial charge in [-0.05, 0) is 58.1 Å². The van der Waals surface area contributed by atoms with Gasteiger partial charge in [0.25, 0.3) is 0 Å². The van der Waals surface area contributed by atoms with Gasteiger partial charge in [-0.15, -0.1) is 11.3 Å². The van der Waals surface area contributed by atoms with Crippen molar-refractivity contribution in [2.45, 2.75) is 0 Å². The molecule has 0 saturated carbocycles. The van der Waals surface area contributed by atoms with Crippen LogP contribution in [-0.2, 0) is 0 Å². The molecule has 2 heterocycles. The van der Waals surface area contributed by atoms with E-state index in [-0.39, 0.29) is 0 Å². The van der Waals surface area contributed by atoms with Crippen molar-refractivity contribution in [3.05, 3.63) is 212 Å². The summed E-state index contributed by atoms with van der Waals surface area (Å²) in [7, 11) is 0. The third kappa shape index (κ3) is 5.55. The molecule has 0 unspecified atom stereocenters. The molecule has 0 aliphatic carbocycles. The Hall–Kier alpha value is -7.20. The fraction of sp³-hybridized carbons (Fsp3) is 0. The highest BCUT2D eigenvalue weighted by Gasteiger charge is 2.27. The molecule has 0 radical (unpaired) electrons. The smallest absolute Gasteiger partial charge is 0.143 e. The van der Waals surface area contributed by atoms with E-state index < -0.39 is 0 Å². The van der Waals surface area contributed by atoms with Crippen LogP contribution in [0.4, 0.5) is 17.1 Å². The van der Waals surface area contributed by atoms with E-state index in [4.69, 9.17) is 4.42 Å². The van der Waals surface area contributed by atoms with Crippen LogP contribution in [0.3, 0.4) is 0 Å². The summed E-state index contributed by atoms with van der Waals surface area (Å²) in [4.78, 5) is 2.51. The van der Waals surface area contributed by atoms with Crippen LogP contribution >= 0.6 is 11.3 Å². The van der Waals surface area contributed by atoms with Crippen LogP contribution in [0.2, 0.25) is 0 Å². The molecule has 11 rings (SSSR count). The standard InChI is InChI=1S/C54H35NOS/c1-3-18-36(19-4-1)38-22-7-8-26-43(38)52-39(37-20-5-2-6-21-37)27-16-32-48(52)55(49-33-17-30-46-42-25-11-14-35-51(42)57-54(46)49)47-31-12-9-23-40(47)44-28-15-29-45-41-24-10-13-34-50(41)56-53(44)45/h1-35H. The maximum absolute atomic E-state index is 6.71. The first kappa shape index (κ1) is 33.2. The molecule has 0 fully saturated rings. The first-order valence-corrected chi connectivity index (χ1v) is 20.2. The van der Waals surface area contributed by atoms with Crippen LogP contribution in [0.1, 0.15) is 0 Å². The topological polar surface area (TPSA) is 16.4 Å². The summed E-state index contributed by atoms with van der Waals surface area (Å²) in [6.07, 6.45) is 0. The molecule has 0 amide bonds. The van der Waals surface area contributed by atoms with Crippen LogP contribution in [0.5, 0.6) is 0 Å². The summed E-state index contributed by atoms with van der Waals surface area (Å²) >= 11 is 1.86. The second kappa shape index (κ2) is 13.8. The number of hydrogen-bond acceptors (Lipinski definition) is 3. The number of nitrogens with zero attached hydrogens (tertiary/aromatic N) is 1. The fourth-order valence-corrected chi connectivity index (χ4v) is 9.80. The van der Waals surface area contributed by atoms with Crippen molar-refractivity contribution in [1.82, 2.24) is 0 Å². The van der Waals surface area contributed by atoms with Gasteiger partial charge in [-0.2, -0.15) is 0 Å². The van der Waals surface area contributed by atoms with Crippen LogP contribution in [0, 0.1) is 0 Å². The molecule has 0 aliphatic rings. The third-order valence-electron chi connectivity index (χ3n) is 11.1. The van der Waals surface area contributed by atoms with E-state index in [1.807, 2.05) is 17.4 Å². The van der Waals surface area contributed by atoms with E-state index in [1.165, 1.54) is 42.4 Å². The lowest BCUT2D eigenvalue weighted by atomic mass is 9.87. The summed E-state index contributed by atoms with van der Waals surface area (Å²) in [5, 5.41) is 4.75. The number of para-hydroxylation sites is 3. The van der Waals surface area contributed by atoms with Crippen LogP contribution in [-0.4, -0.2) is 0 Å². The van der Waals surface area contributed by atoms with Gasteiger partial charge in [-0.3, -0.25) is 0 Å². The van der Waals surface area contributed by atoms with Crippen molar-refractivity contribution >= 4 is 70.5 Å². The largest absolute Gasteiger partial charge is 0.455 e. The van der Waals surface area contributed by atoms with E-state index in [1.54, 1.807) is 0 Å². The summed E-state index contributed by atoms with van der Waals surface area (Å²) in [5.74, 6) is 0. The lowest BCUT2D eigenvalue weighted by Gasteiger charge is -2.31. The highest BCUT2D eigenvalue weighted by Crippen LogP contribution is 2.53. The SMILES string of the molecule is c1ccc(-c2ccccc2-c2c(-c3ccccc3)cccc2N(c2ccccc2-c2cccc3c2oc2ccccc23)c2cccc3c2sc2ccccc23)cc1. The summed E-state index contributed by atoms with van der Waals surface area (Å²) in [6, 6.07) is 76.4. The quantitative estimate of drug-likeness (QED) is 0.162. The number of furan rings is 1. The van der Waals surface area contributed by atoms with Crippen molar-refractivity contribution in [3.63, 3.8) is 0 Å². The Kier molecular flexibility index (Phi) is 8.04. The molecule has 268 valence electrons. The zero-order chi connectivity index (χ0) is 37.7. The number of anilines is 3. The van der Waals surface area contributed by atoms with Crippen molar-refractivity contribution in [3.8, 4) is 44.5 Å². The molecule has 2 nitrogen and oxygen atoms in total. The Balaban J connectivity index is 1.27. The monoisotopic (exact) mass is 745 g/mol. The first-order chi connectivity index (χ1) is 28.3. The second-order valence-corrected chi connectivity index (χ2v) is 15.4. The van der Waals surface area contributed by atoms with Gasteiger partial charge in [-0.25, -0.2) is 0 Å². The third-order valence-corrected chi connectivity index (χ3v) is 12.3. The first-order valence-electron chi connectivity index (χ1n) is 19.4. The predicted molar refractivity (Wildman–Crippen MR) is 243 cm³/mol. The number of thiophene rings is 1. The highest BCUT2D eigenvalue weighted by atomic mass is 32.1. The zero-order valence-electron chi connectivity index (χ0n) is 31.0. The van der Waals surface area contributed by atoms with Crippen molar-refractivity contribution in [2.24, 2.45) is 0 Å². The van der Waals surface area contributed by atoms with E-state index in [2.05, 4.69) is 211 Å². The lowest BCUT2D eigenvalue weighted by Crippen LogP contribution is -2.13. The minimum Gasteiger partial charge on any atom is -0.455 e. The highest BCUT2D eigenvalue weighted by molar-refractivity contribution is 7.26. The van der Waals surface area contributed by atoms with Gasteiger partial charge in [0.15, 0.2) is 0 Å². The molecule has 0 atom stereocenters. The Bertz CT molecular complexity index is 3250. The molecule has 0 aliphatic heterocycles. The average Bonchev–Trinajstić information content (AvgIpc) is 3.87. The van der Waals surface area contributed by atoms with Crippen molar-refractivity contribution < 1.29 is 4.42 Å². The zero-order valence-corrected chi connectivity index (χ0v) is 31.8. The van der Waals surface area contributed by atoms with Crippen molar-refractivity contribution in [2.75, 3.05) is 4.90 Å². The molecule has 9 aromatic carbocycles. The summed E-state index contributed by atoms with van der Waals surface area (Å²) < 4.78 is 9.22. The minimum atomic E-state index is 0.888. The molecular formula is C54H35NOS. The van der Waals surface area contributed by atoms with Gasteiger partial charge in [0.2, 0.25) is 0 Å². The maximum Gasteiger partial charge on any atom is 0.143 e. The maximum atomic E-state index is 6.71. The number of rotatable bonds is 7. The molecule has 3 heteroatoms. The number of benzene rings is 9.